The normalized spacial score (nSPS) is 21.2. The summed E-state index contributed by atoms with van der Waals surface area (Å²) in [7, 11) is 0. The molecule has 1 saturated heterocycles. The molecule has 0 saturated carbocycles. The first-order valence-corrected chi connectivity index (χ1v) is 9.85. The van der Waals surface area contributed by atoms with Gasteiger partial charge in [0.15, 0.2) is 0 Å². The maximum atomic E-state index is 14.3. The number of hydrogen-bond acceptors (Lipinski definition) is 2. The van der Waals surface area contributed by atoms with E-state index < -0.39 is 35.8 Å². The van der Waals surface area contributed by atoms with Gasteiger partial charge in [-0.2, -0.15) is 30.7 Å². The first-order chi connectivity index (χ1) is 15.3. The van der Waals surface area contributed by atoms with E-state index in [0.717, 1.165) is 12.0 Å². The maximum absolute atomic E-state index is 14.3. The van der Waals surface area contributed by atoms with Crippen molar-refractivity contribution in [3.8, 4) is 0 Å². The van der Waals surface area contributed by atoms with Gasteiger partial charge in [0.05, 0.1) is 12.0 Å². The second-order valence-electron chi connectivity index (χ2n) is 7.97. The molecule has 3 nitrogen and oxygen atoms in total. The number of nitrogens with zero attached hydrogens (tertiary/aromatic N) is 1. The highest BCUT2D eigenvalue weighted by molar-refractivity contribution is 5.90. The van der Waals surface area contributed by atoms with Gasteiger partial charge in [-0.05, 0) is 23.6 Å². The Labute approximate surface area is 185 Å². The van der Waals surface area contributed by atoms with Crippen molar-refractivity contribution in [2.24, 2.45) is 5.41 Å². The molecule has 33 heavy (non-hydrogen) atoms. The predicted molar refractivity (Wildman–Crippen MR) is 106 cm³/mol. The number of hydroxylamine groups is 2. The van der Waals surface area contributed by atoms with Crippen LogP contribution in [-0.4, -0.2) is 35.5 Å². The number of hydrogen-bond donors (Lipinski definition) is 0. The van der Waals surface area contributed by atoms with Gasteiger partial charge in [-0.15, -0.1) is 0 Å². The molecule has 1 unspecified atom stereocenters. The van der Waals surface area contributed by atoms with Gasteiger partial charge in [-0.3, -0.25) is 9.63 Å². The number of halogens is 7. The van der Waals surface area contributed by atoms with Crippen molar-refractivity contribution in [3.63, 3.8) is 0 Å². The molecule has 2 aromatic rings. The molecule has 0 aromatic heterocycles. The summed E-state index contributed by atoms with van der Waals surface area (Å²) in [6.07, 6.45) is -7.21. The fourth-order valence-electron chi connectivity index (χ4n) is 3.55. The third-order valence-corrected chi connectivity index (χ3v) is 5.48. The molecule has 10 heteroatoms. The van der Waals surface area contributed by atoms with Gasteiger partial charge in [0.25, 0.3) is 5.91 Å². The Bertz CT molecular complexity index is 1010. The van der Waals surface area contributed by atoms with Crippen LogP contribution >= 0.6 is 0 Å². The van der Waals surface area contributed by atoms with E-state index in [1.807, 2.05) is 0 Å². The average Bonchev–Trinajstić information content (AvgIpc) is 2.96. The van der Waals surface area contributed by atoms with Crippen molar-refractivity contribution in [1.82, 2.24) is 5.06 Å². The van der Waals surface area contributed by atoms with Gasteiger partial charge >= 0.3 is 18.0 Å². The molecule has 1 heterocycles. The number of carbonyl (C=O) groups excluding carboxylic acids is 1. The fourth-order valence-corrected chi connectivity index (χ4v) is 3.55. The standard InChI is InChI=1S/C23H20F7NO2/c1-20(15-21(24,25)22(26,27)23(28,29)30)18(12-16-8-4-2-5-9-16)13-31(19(20)32)33-14-17-10-6-3-7-11-17/h2-12H,13-15H2,1H3/b18-12+. The smallest absolute Gasteiger partial charge is 0.272 e. The lowest BCUT2D eigenvalue weighted by Gasteiger charge is -2.34. The van der Waals surface area contributed by atoms with E-state index in [1.54, 1.807) is 60.7 Å². The van der Waals surface area contributed by atoms with Gasteiger partial charge in [0.2, 0.25) is 0 Å². The molecule has 0 spiro atoms. The number of alkyl halides is 7. The number of carbonyl (C=O) groups is 1. The largest absolute Gasteiger partial charge is 0.459 e. The summed E-state index contributed by atoms with van der Waals surface area (Å²) in [5.41, 5.74) is -1.32. The van der Waals surface area contributed by atoms with E-state index in [0.29, 0.717) is 11.1 Å². The van der Waals surface area contributed by atoms with Crippen molar-refractivity contribution >= 4 is 12.0 Å². The lowest BCUT2D eigenvalue weighted by molar-refractivity contribution is -0.358. The molecule has 1 atom stereocenters. The first-order valence-electron chi connectivity index (χ1n) is 9.85. The van der Waals surface area contributed by atoms with Gasteiger partial charge < -0.3 is 0 Å². The maximum Gasteiger partial charge on any atom is 0.459 e. The topological polar surface area (TPSA) is 29.5 Å². The molecule has 0 radical (unpaired) electrons. The summed E-state index contributed by atoms with van der Waals surface area (Å²) in [6, 6.07) is 16.6. The minimum Gasteiger partial charge on any atom is -0.272 e. The van der Waals surface area contributed by atoms with Gasteiger partial charge in [0, 0.05) is 6.42 Å². The molecule has 1 aliphatic heterocycles. The zero-order chi connectivity index (χ0) is 24.5. The van der Waals surface area contributed by atoms with E-state index in [2.05, 4.69) is 0 Å². The Morgan fingerprint density at radius 3 is 2.03 bits per heavy atom. The summed E-state index contributed by atoms with van der Waals surface area (Å²) in [5, 5.41) is 0.726. The Hall–Kier alpha value is -2.88. The van der Waals surface area contributed by atoms with Crippen molar-refractivity contribution in [3.05, 3.63) is 77.4 Å². The number of rotatable bonds is 7. The molecule has 178 valence electrons. The van der Waals surface area contributed by atoms with E-state index in [-0.39, 0.29) is 18.7 Å². The van der Waals surface area contributed by atoms with Crippen LogP contribution in [0.2, 0.25) is 0 Å². The fraction of sp³-hybridized carbons (Fsp3) is 0.348. The van der Waals surface area contributed by atoms with Crippen LogP contribution in [0, 0.1) is 5.41 Å². The van der Waals surface area contributed by atoms with Crippen LogP contribution in [-0.2, 0) is 16.2 Å². The zero-order valence-corrected chi connectivity index (χ0v) is 17.4. The summed E-state index contributed by atoms with van der Waals surface area (Å²) in [5.74, 6) is -13.0. The zero-order valence-electron chi connectivity index (χ0n) is 17.4. The van der Waals surface area contributed by atoms with Crippen LogP contribution in [0.1, 0.15) is 24.5 Å². The molecule has 1 fully saturated rings. The first kappa shape index (κ1) is 24.8. The van der Waals surface area contributed by atoms with Crippen molar-refractivity contribution in [2.45, 2.75) is 38.0 Å². The molecule has 0 bridgehead atoms. The van der Waals surface area contributed by atoms with Crippen molar-refractivity contribution in [2.75, 3.05) is 6.54 Å². The van der Waals surface area contributed by atoms with Crippen LogP contribution in [0.15, 0.2) is 66.2 Å². The second-order valence-corrected chi connectivity index (χ2v) is 7.97. The van der Waals surface area contributed by atoms with Gasteiger partial charge in [0.1, 0.15) is 6.61 Å². The van der Waals surface area contributed by atoms with E-state index in [4.69, 9.17) is 4.84 Å². The van der Waals surface area contributed by atoms with Crippen molar-refractivity contribution in [1.29, 1.82) is 0 Å². The van der Waals surface area contributed by atoms with Gasteiger partial charge in [-0.1, -0.05) is 66.7 Å². The van der Waals surface area contributed by atoms with Gasteiger partial charge in [-0.25, -0.2) is 5.06 Å². The molecule has 0 aliphatic carbocycles. The third kappa shape index (κ3) is 4.90. The molecule has 1 aliphatic rings. The molecule has 2 aromatic carbocycles. The van der Waals surface area contributed by atoms with Crippen LogP contribution < -0.4 is 0 Å². The summed E-state index contributed by atoms with van der Waals surface area (Å²) in [4.78, 5) is 18.4. The monoisotopic (exact) mass is 475 g/mol. The Kier molecular flexibility index (Phi) is 6.61. The highest BCUT2D eigenvalue weighted by Crippen LogP contribution is 2.54. The van der Waals surface area contributed by atoms with Crippen LogP contribution in [0.25, 0.3) is 6.08 Å². The SMILES string of the molecule is CC1(CC(F)(F)C(F)(F)C(F)(F)F)C(=O)N(OCc2ccccc2)C/C1=C\c1ccccc1. The van der Waals surface area contributed by atoms with Crippen molar-refractivity contribution < 1.29 is 40.4 Å². The Morgan fingerprint density at radius 1 is 0.939 bits per heavy atom. The minimum atomic E-state index is -6.48. The minimum absolute atomic E-state index is 0.0654. The number of amides is 1. The van der Waals surface area contributed by atoms with Crippen LogP contribution in [0.5, 0.6) is 0 Å². The second kappa shape index (κ2) is 8.81. The van der Waals surface area contributed by atoms with E-state index >= 15 is 0 Å². The molecular weight excluding hydrogens is 455 g/mol. The van der Waals surface area contributed by atoms with E-state index in [9.17, 15) is 35.5 Å². The third-order valence-electron chi connectivity index (χ3n) is 5.48. The lowest BCUT2D eigenvalue weighted by Crippen LogP contribution is -2.54. The quantitative estimate of drug-likeness (QED) is 0.442. The number of benzene rings is 2. The highest BCUT2D eigenvalue weighted by atomic mass is 19.4. The predicted octanol–water partition coefficient (Wildman–Crippen LogP) is 6.27. The van der Waals surface area contributed by atoms with E-state index in [1.165, 1.54) is 6.08 Å². The summed E-state index contributed by atoms with van der Waals surface area (Å²) in [6.45, 7) is 0.428. The van der Waals surface area contributed by atoms with Crippen LogP contribution in [0.4, 0.5) is 30.7 Å². The Balaban J connectivity index is 1.95. The molecule has 0 N–H and O–H groups in total. The summed E-state index contributed by atoms with van der Waals surface area (Å²) < 4.78 is 94.0. The van der Waals surface area contributed by atoms with Crippen LogP contribution in [0.3, 0.4) is 0 Å². The molecule has 1 amide bonds. The highest BCUT2D eigenvalue weighted by Gasteiger charge is 2.74. The lowest BCUT2D eigenvalue weighted by atomic mass is 9.77. The Morgan fingerprint density at radius 2 is 1.48 bits per heavy atom. The summed E-state index contributed by atoms with van der Waals surface area (Å²) >= 11 is 0. The molecule has 3 rings (SSSR count). The molecular formula is C23H20F7NO2. The average molecular weight is 475 g/mol.